The zero-order chi connectivity index (χ0) is 9.64. The van der Waals surface area contributed by atoms with Crippen LogP contribution in [0.15, 0.2) is 0 Å². The summed E-state index contributed by atoms with van der Waals surface area (Å²) in [6, 6.07) is 0. The zero-order valence-electron chi connectivity index (χ0n) is 9.21. The van der Waals surface area contributed by atoms with Crippen LogP contribution in [0.25, 0.3) is 0 Å². The van der Waals surface area contributed by atoms with Crippen molar-refractivity contribution in [2.75, 3.05) is 32.8 Å². The van der Waals surface area contributed by atoms with E-state index in [1.807, 2.05) is 0 Å². The maximum atomic E-state index is 5.39. The van der Waals surface area contributed by atoms with Crippen molar-refractivity contribution in [1.82, 2.24) is 4.90 Å². The molecular formula is C12H23NO. The van der Waals surface area contributed by atoms with Gasteiger partial charge in [-0.3, -0.25) is 0 Å². The molecule has 1 atom stereocenters. The quantitative estimate of drug-likeness (QED) is 0.685. The third-order valence-electron chi connectivity index (χ3n) is 3.56. The molecule has 2 fully saturated rings. The van der Waals surface area contributed by atoms with Crippen LogP contribution in [0.5, 0.6) is 0 Å². The molecule has 0 N–H and O–H groups in total. The van der Waals surface area contributed by atoms with Gasteiger partial charge < -0.3 is 9.64 Å². The van der Waals surface area contributed by atoms with E-state index in [1.165, 1.54) is 58.2 Å². The van der Waals surface area contributed by atoms with Crippen LogP contribution in [0.3, 0.4) is 0 Å². The average molecular weight is 197 g/mol. The number of hydrogen-bond acceptors (Lipinski definition) is 2. The Balaban J connectivity index is 1.52. The summed E-state index contributed by atoms with van der Waals surface area (Å²) in [7, 11) is 0. The van der Waals surface area contributed by atoms with Crippen molar-refractivity contribution in [2.24, 2.45) is 5.92 Å². The fourth-order valence-electron chi connectivity index (χ4n) is 2.60. The number of piperidine rings is 1. The summed E-state index contributed by atoms with van der Waals surface area (Å²) < 4.78 is 5.39. The molecular weight excluding hydrogens is 174 g/mol. The molecule has 0 amide bonds. The Bertz CT molecular complexity index is 148. The third kappa shape index (κ3) is 3.25. The molecule has 0 spiro atoms. The molecule has 0 aromatic heterocycles. The van der Waals surface area contributed by atoms with E-state index in [-0.39, 0.29) is 0 Å². The molecule has 0 radical (unpaired) electrons. The van der Waals surface area contributed by atoms with Crippen molar-refractivity contribution in [3.8, 4) is 0 Å². The summed E-state index contributed by atoms with van der Waals surface area (Å²) in [4.78, 5) is 2.64. The molecule has 0 bridgehead atoms. The van der Waals surface area contributed by atoms with Crippen LogP contribution in [-0.2, 0) is 4.74 Å². The summed E-state index contributed by atoms with van der Waals surface area (Å²) in [5.74, 6) is 0.875. The number of likely N-dealkylation sites (tertiary alicyclic amines) is 1. The van der Waals surface area contributed by atoms with E-state index < -0.39 is 0 Å². The Labute approximate surface area is 87.6 Å². The van der Waals surface area contributed by atoms with Gasteiger partial charge in [-0.25, -0.2) is 0 Å². The fraction of sp³-hybridized carbons (Fsp3) is 1.00. The Morgan fingerprint density at radius 1 is 1.14 bits per heavy atom. The monoisotopic (exact) mass is 197 g/mol. The number of hydrogen-bond donors (Lipinski definition) is 0. The van der Waals surface area contributed by atoms with Crippen LogP contribution in [0.4, 0.5) is 0 Å². The van der Waals surface area contributed by atoms with Crippen molar-refractivity contribution in [2.45, 2.75) is 38.5 Å². The maximum absolute atomic E-state index is 5.39. The average Bonchev–Trinajstić information content (AvgIpc) is 2.72. The lowest BCUT2D eigenvalue weighted by molar-refractivity contribution is 0.179. The van der Waals surface area contributed by atoms with E-state index in [0.29, 0.717) is 0 Å². The smallest absolute Gasteiger partial charge is 0.0495 e. The Hall–Kier alpha value is -0.0800. The Morgan fingerprint density at radius 2 is 2.00 bits per heavy atom. The minimum atomic E-state index is 0.875. The lowest BCUT2D eigenvalue weighted by Crippen LogP contribution is -2.30. The second-order valence-corrected chi connectivity index (χ2v) is 4.77. The second kappa shape index (κ2) is 5.72. The van der Waals surface area contributed by atoms with Gasteiger partial charge in [0.15, 0.2) is 0 Å². The highest BCUT2D eigenvalue weighted by molar-refractivity contribution is 4.68. The van der Waals surface area contributed by atoms with Gasteiger partial charge in [0.05, 0.1) is 0 Å². The SMILES string of the molecule is C1CCN(CCCC2CCOC2)CC1. The molecule has 14 heavy (non-hydrogen) atoms. The standard InChI is InChI=1S/C12H23NO/c1-2-7-13(8-3-1)9-4-5-12-6-10-14-11-12/h12H,1-11H2. The van der Waals surface area contributed by atoms with Crippen LogP contribution < -0.4 is 0 Å². The first kappa shape index (κ1) is 10.4. The highest BCUT2D eigenvalue weighted by Crippen LogP contribution is 2.18. The fourth-order valence-corrected chi connectivity index (χ4v) is 2.60. The van der Waals surface area contributed by atoms with E-state index in [1.54, 1.807) is 0 Å². The molecule has 2 heterocycles. The van der Waals surface area contributed by atoms with E-state index >= 15 is 0 Å². The van der Waals surface area contributed by atoms with Gasteiger partial charge in [-0.1, -0.05) is 6.42 Å². The van der Waals surface area contributed by atoms with Crippen molar-refractivity contribution in [3.63, 3.8) is 0 Å². The molecule has 0 aliphatic carbocycles. The first-order chi connectivity index (χ1) is 6.95. The topological polar surface area (TPSA) is 12.5 Å². The second-order valence-electron chi connectivity index (χ2n) is 4.77. The van der Waals surface area contributed by atoms with E-state index in [2.05, 4.69) is 4.90 Å². The molecule has 0 saturated carbocycles. The molecule has 2 rings (SSSR count). The van der Waals surface area contributed by atoms with Crippen LogP contribution in [0.1, 0.15) is 38.5 Å². The normalized spacial score (nSPS) is 29.6. The highest BCUT2D eigenvalue weighted by atomic mass is 16.5. The van der Waals surface area contributed by atoms with Gasteiger partial charge in [-0.05, 0) is 57.7 Å². The first-order valence-corrected chi connectivity index (χ1v) is 6.25. The van der Waals surface area contributed by atoms with Crippen LogP contribution in [0, 0.1) is 5.92 Å². The van der Waals surface area contributed by atoms with Gasteiger partial charge in [0, 0.05) is 13.2 Å². The van der Waals surface area contributed by atoms with Crippen molar-refractivity contribution in [3.05, 3.63) is 0 Å². The van der Waals surface area contributed by atoms with Gasteiger partial charge in [0.25, 0.3) is 0 Å². The Morgan fingerprint density at radius 3 is 2.71 bits per heavy atom. The molecule has 2 aliphatic rings. The summed E-state index contributed by atoms with van der Waals surface area (Å²) >= 11 is 0. The lowest BCUT2D eigenvalue weighted by Gasteiger charge is -2.26. The predicted molar refractivity (Wildman–Crippen MR) is 58.5 cm³/mol. The van der Waals surface area contributed by atoms with Gasteiger partial charge in [0.1, 0.15) is 0 Å². The van der Waals surface area contributed by atoms with Crippen LogP contribution >= 0.6 is 0 Å². The lowest BCUT2D eigenvalue weighted by atomic mass is 10.0. The molecule has 82 valence electrons. The predicted octanol–water partition coefficient (Wildman–Crippen LogP) is 2.29. The minimum Gasteiger partial charge on any atom is -0.381 e. The molecule has 2 saturated heterocycles. The number of ether oxygens (including phenoxy) is 1. The summed E-state index contributed by atoms with van der Waals surface area (Å²) in [6.07, 6.45) is 8.37. The molecule has 0 aromatic rings. The van der Waals surface area contributed by atoms with Gasteiger partial charge in [-0.2, -0.15) is 0 Å². The molecule has 1 unspecified atom stereocenters. The number of rotatable bonds is 4. The zero-order valence-corrected chi connectivity index (χ0v) is 9.21. The van der Waals surface area contributed by atoms with Crippen LogP contribution in [-0.4, -0.2) is 37.7 Å². The third-order valence-corrected chi connectivity index (χ3v) is 3.56. The summed E-state index contributed by atoms with van der Waals surface area (Å²) in [5.41, 5.74) is 0. The van der Waals surface area contributed by atoms with Crippen molar-refractivity contribution >= 4 is 0 Å². The molecule has 2 nitrogen and oxygen atoms in total. The van der Waals surface area contributed by atoms with Gasteiger partial charge in [0.2, 0.25) is 0 Å². The molecule has 0 aromatic carbocycles. The molecule has 2 aliphatic heterocycles. The minimum absolute atomic E-state index is 0.875. The van der Waals surface area contributed by atoms with E-state index in [0.717, 1.165) is 19.1 Å². The largest absolute Gasteiger partial charge is 0.381 e. The Kier molecular flexibility index (Phi) is 4.26. The molecule has 2 heteroatoms. The van der Waals surface area contributed by atoms with Gasteiger partial charge >= 0.3 is 0 Å². The summed E-state index contributed by atoms with van der Waals surface area (Å²) in [5, 5.41) is 0. The number of nitrogens with zero attached hydrogens (tertiary/aromatic N) is 1. The first-order valence-electron chi connectivity index (χ1n) is 6.25. The maximum Gasteiger partial charge on any atom is 0.0495 e. The van der Waals surface area contributed by atoms with Crippen molar-refractivity contribution in [1.29, 1.82) is 0 Å². The van der Waals surface area contributed by atoms with Crippen molar-refractivity contribution < 1.29 is 4.74 Å². The van der Waals surface area contributed by atoms with E-state index in [4.69, 9.17) is 4.74 Å². The van der Waals surface area contributed by atoms with Crippen LogP contribution in [0.2, 0.25) is 0 Å². The van der Waals surface area contributed by atoms with Gasteiger partial charge in [-0.15, -0.1) is 0 Å². The van der Waals surface area contributed by atoms with E-state index in [9.17, 15) is 0 Å². The summed E-state index contributed by atoms with van der Waals surface area (Å²) in [6.45, 7) is 6.06. The highest BCUT2D eigenvalue weighted by Gasteiger charge is 2.16.